The second-order valence-electron chi connectivity index (χ2n) is 8.19. The topological polar surface area (TPSA) is 83.6 Å². The highest BCUT2D eigenvalue weighted by molar-refractivity contribution is 6.30. The van der Waals surface area contributed by atoms with Crippen molar-refractivity contribution in [1.29, 1.82) is 0 Å². The molecule has 0 unspecified atom stereocenters. The molecule has 3 N–H and O–H groups in total. The van der Waals surface area contributed by atoms with Crippen LogP contribution in [0.4, 0.5) is 5.69 Å². The summed E-state index contributed by atoms with van der Waals surface area (Å²) in [5.41, 5.74) is 8.12. The van der Waals surface area contributed by atoms with Crippen molar-refractivity contribution >= 4 is 29.2 Å². The third kappa shape index (κ3) is 4.40. The number of benzene rings is 2. The minimum Gasteiger partial charge on any atom is -0.478 e. The van der Waals surface area contributed by atoms with E-state index in [1.807, 2.05) is 32.0 Å². The van der Waals surface area contributed by atoms with Gasteiger partial charge in [0.05, 0.1) is 11.5 Å². The Morgan fingerprint density at radius 3 is 2.24 bits per heavy atom. The molecule has 0 radical (unpaired) electrons. The molecule has 1 atom stereocenters. The van der Waals surface area contributed by atoms with Crippen molar-refractivity contribution in [1.82, 2.24) is 0 Å². The highest BCUT2D eigenvalue weighted by Gasteiger charge is 2.39. The lowest BCUT2D eigenvalue weighted by Crippen LogP contribution is -2.39. The molecule has 154 valence electrons. The molecule has 2 aromatic carbocycles. The van der Waals surface area contributed by atoms with Gasteiger partial charge < -0.3 is 15.7 Å². The minimum absolute atomic E-state index is 0.173. The van der Waals surface area contributed by atoms with Crippen molar-refractivity contribution < 1.29 is 14.7 Å². The molecule has 5 nitrogen and oxygen atoms in total. The third-order valence-corrected chi connectivity index (χ3v) is 6.08. The molecule has 0 saturated carbocycles. The van der Waals surface area contributed by atoms with Gasteiger partial charge in [0, 0.05) is 29.2 Å². The van der Waals surface area contributed by atoms with Crippen LogP contribution in [-0.4, -0.2) is 30.1 Å². The minimum atomic E-state index is -1.01. The van der Waals surface area contributed by atoms with Crippen LogP contribution in [0.5, 0.6) is 0 Å². The number of aromatic carboxylic acids is 1. The molecule has 1 aliphatic rings. The lowest BCUT2D eigenvalue weighted by atomic mass is 9.69. The van der Waals surface area contributed by atoms with E-state index >= 15 is 0 Å². The first-order valence-electron chi connectivity index (χ1n) is 9.89. The third-order valence-electron chi connectivity index (χ3n) is 5.85. The van der Waals surface area contributed by atoms with E-state index < -0.39 is 23.2 Å². The molecule has 0 spiro atoms. The number of piperidine rings is 1. The fourth-order valence-electron chi connectivity index (χ4n) is 4.35. The lowest BCUT2D eigenvalue weighted by Gasteiger charge is -2.39. The molecule has 0 aromatic heterocycles. The van der Waals surface area contributed by atoms with Crippen LogP contribution in [0.1, 0.15) is 60.5 Å². The van der Waals surface area contributed by atoms with Gasteiger partial charge in [-0.15, -0.1) is 0 Å². The normalized spacial score (nSPS) is 15.8. The molecular weight excluding hydrogens is 388 g/mol. The van der Waals surface area contributed by atoms with E-state index in [9.17, 15) is 9.59 Å². The number of carbonyl (C=O) groups excluding carboxylic acids is 1. The van der Waals surface area contributed by atoms with Crippen LogP contribution < -0.4 is 10.6 Å². The summed E-state index contributed by atoms with van der Waals surface area (Å²) in [7, 11) is 0. The Kier molecular flexibility index (Phi) is 6.18. The number of nitrogens with two attached hydrogens (primary N) is 1. The first-order valence-corrected chi connectivity index (χ1v) is 10.3. The van der Waals surface area contributed by atoms with Gasteiger partial charge in [0.1, 0.15) is 0 Å². The van der Waals surface area contributed by atoms with Crippen LogP contribution in [0.15, 0.2) is 42.5 Å². The molecule has 1 heterocycles. The first kappa shape index (κ1) is 21.2. The highest BCUT2D eigenvalue weighted by atomic mass is 35.5. The average Bonchev–Trinajstić information content (AvgIpc) is 2.68. The maximum Gasteiger partial charge on any atom is 0.335 e. The number of carboxylic acid groups (broad SMARTS) is 1. The number of amides is 1. The van der Waals surface area contributed by atoms with Crippen molar-refractivity contribution in [3.8, 4) is 0 Å². The largest absolute Gasteiger partial charge is 0.478 e. The van der Waals surface area contributed by atoms with Crippen LogP contribution in [0.3, 0.4) is 0 Å². The summed E-state index contributed by atoms with van der Waals surface area (Å²) in [5.74, 6) is -2.09. The number of carbonyl (C=O) groups is 2. The zero-order valence-electron chi connectivity index (χ0n) is 16.8. The second-order valence-corrected chi connectivity index (χ2v) is 8.63. The van der Waals surface area contributed by atoms with Gasteiger partial charge in [0.15, 0.2) is 0 Å². The van der Waals surface area contributed by atoms with Gasteiger partial charge in [-0.2, -0.15) is 0 Å². The zero-order valence-corrected chi connectivity index (χ0v) is 17.6. The monoisotopic (exact) mass is 414 g/mol. The van der Waals surface area contributed by atoms with Gasteiger partial charge in [-0.1, -0.05) is 37.6 Å². The number of hydrogen-bond donors (Lipinski definition) is 2. The van der Waals surface area contributed by atoms with Gasteiger partial charge in [0.25, 0.3) is 0 Å². The Hall–Kier alpha value is -2.53. The zero-order chi connectivity index (χ0) is 21.2. The molecule has 1 saturated heterocycles. The molecule has 1 fully saturated rings. The summed E-state index contributed by atoms with van der Waals surface area (Å²) < 4.78 is 0. The summed E-state index contributed by atoms with van der Waals surface area (Å²) in [4.78, 5) is 26.1. The van der Waals surface area contributed by atoms with Crippen LogP contribution in [0.25, 0.3) is 0 Å². The first-order chi connectivity index (χ1) is 13.7. The number of halogens is 1. The molecule has 0 bridgehead atoms. The predicted molar refractivity (Wildman–Crippen MR) is 116 cm³/mol. The Balaban J connectivity index is 2.08. The number of rotatable bonds is 6. The molecule has 1 aliphatic heterocycles. The molecule has 2 aromatic rings. The SMILES string of the molecule is CC(C)(c1cc(Cl)ccc1N1CCCCC1)[C@H](C(N)=O)c1ccc(C(=O)O)cc1. The molecule has 29 heavy (non-hydrogen) atoms. The summed E-state index contributed by atoms with van der Waals surface area (Å²) in [5, 5.41) is 9.77. The molecular formula is C23H27ClN2O3. The number of primary amides is 1. The smallest absolute Gasteiger partial charge is 0.335 e. The molecule has 0 aliphatic carbocycles. The van der Waals surface area contributed by atoms with Crippen molar-refractivity contribution in [2.45, 2.75) is 44.4 Å². The van der Waals surface area contributed by atoms with Gasteiger partial charge in [-0.25, -0.2) is 4.79 Å². The van der Waals surface area contributed by atoms with Crippen molar-refractivity contribution in [3.05, 3.63) is 64.2 Å². The summed E-state index contributed by atoms with van der Waals surface area (Å²) in [6, 6.07) is 12.2. The lowest BCUT2D eigenvalue weighted by molar-refractivity contribution is -0.120. The van der Waals surface area contributed by atoms with E-state index in [0.717, 1.165) is 37.2 Å². The van der Waals surface area contributed by atoms with Gasteiger partial charge in [-0.3, -0.25) is 4.79 Å². The summed E-state index contributed by atoms with van der Waals surface area (Å²) >= 11 is 6.35. The average molecular weight is 415 g/mol. The predicted octanol–water partition coefficient (Wildman–Crippen LogP) is 4.58. The Bertz CT molecular complexity index is 903. The number of hydrogen-bond acceptors (Lipinski definition) is 3. The highest BCUT2D eigenvalue weighted by Crippen LogP contribution is 2.44. The number of nitrogens with zero attached hydrogens (tertiary/aromatic N) is 1. The van der Waals surface area contributed by atoms with Crippen LogP contribution in [0.2, 0.25) is 5.02 Å². The quantitative estimate of drug-likeness (QED) is 0.724. The Morgan fingerprint density at radius 2 is 1.69 bits per heavy atom. The van der Waals surface area contributed by atoms with Crippen LogP contribution in [0, 0.1) is 0 Å². The van der Waals surface area contributed by atoms with E-state index in [4.69, 9.17) is 22.4 Å². The Morgan fingerprint density at radius 1 is 1.07 bits per heavy atom. The summed E-state index contributed by atoms with van der Waals surface area (Å²) in [6.07, 6.45) is 3.50. The fourth-order valence-corrected chi connectivity index (χ4v) is 4.52. The van der Waals surface area contributed by atoms with Crippen LogP contribution in [-0.2, 0) is 10.2 Å². The second kappa shape index (κ2) is 8.46. The van der Waals surface area contributed by atoms with E-state index in [-0.39, 0.29) is 5.56 Å². The van der Waals surface area contributed by atoms with E-state index in [2.05, 4.69) is 4.90 Å². The van der Waals surface area contributed by atoms with E-state index in [0.29, 0.717) is 10.6 Å². The van der Waals surface area contributed by atoms with Gasteiger partial charge >= 0.3 is 5.97 Å². The van der Waals surface area contributed by atoms with E-state index in [1.165, 1.54) is 18.6 Å². The fraction of sp³-hybridized carbons (Fsp3) is 0.391. The van der Waals surface area contributed by atoms with Crippen molar-refractivity contribution in [3.63, 3.8) is 0 Å². The van der Waals surface area contributed by atoms with Crippen LogP contribution >= 0.6 is 11.6 Å². The standard InChI is InChI=1S/C23H27ClN2O3/c1-23(2,20(21(25)27)15-6-8-16(9-7-15)22(28)29)18-14-17(24)10-11-19(18)26-12-4-3-5-13-26/h6-11,14,20H,3-5,12-13H2,1-2H3,(H2,25,27)(H,28,29)/t20-/m0/s1. The van der Waals surface area contributed by atoms with Crippen molar-refractivity contribution in [2.24, 2.45) is 5.73 Å². The maximum atomic E-state index is 12.6. The maximum absolute atomic E-state index is 12.6. The summed E-state index contributed by atoms with van der Waals surface area (Å²) in [6.45, 7) is 5.93. The molecule has 6 heteroatoms. The van der Waals surface area contributed by atoms with Crippen molar-refractivity contribution in [2.75, 3.05) is 18.0 Å². The Labute approximate surface area is 176 Å². The molecule has 1 amide bonds. The number of carboxylic acids is 1. The van der Waals surface area contributed by atoms with Gasteiger partial charge in [0.2, 0.25) is 5.91 Å². The van der Waals surface area contributed by atoms with Gasteiger partial charge in [-0.05, 0) is 60.7 Å². The molecule has 3 rings (SSSR count). The number of anilines is 1. The van der Waals surface area contributed by atoms with E-state index in [1.54, 1.807) is 12.1 Å².